The number of aromatic nitrogens is 3. The molecule has 38 heavy (non-hydrogen) atoms. The van der Waals surface area contributed by atoms with Crippen molar-refractivity contribution >= 4 is 23.4 Å². The molecule has 0 unspecified atom stereocenters. The van der Waals surface area contributed by atoms with E-state index >= 15 is 0 Å². The maximum absolute atomic E-state index is 13.0. The summed E-state index contributed by atoms with van der Waals surface area (Å²) in [5.74, 6) is 0.958. The van der Waals surface area contributed by atoms with E-state index in [0.29, 0.717) is 30.6 Å². The lowest BCUT2D eigenvalue weighted by molar-refractivity contribution is -0.384. The molecule has 4 aromatic rings. The molecule has 9 nitrogen and oxygen atoms in total. The second-order valence-corrected chi connectivity index (χ2v) is 10.1. The van der Waals surface area contributed by atoms with Crippen LogP contribution in [0.1, 0.15) is 11.1 Å². The van der Waals surface area contributed by atoms with Gasteiger partial charge in [-0.1, -0.05) is 72.4 Å². The summed E-state index contributed by atoms with van der Waals surface area (Å²) in [6.45, 7) is 4.52. The third kappa shape index (κ3) is 6.27. The number of benzene rings is 3. The van der Waals surface area contributed by atoms with Crippen LogP contribution in [0.5, 0.6) is 0 Å². The number of nitro benzene ring substituents is 1. The Morgan fingerprint density at radius 1 is 0.816 bits per heavy atom. The fourth-order valence-corrected chi connectivity index (χ4v) is 5.30. The summed E-state index contributed by atoms with van der Waals surface area (Å²) in [4.78, 5) is 28.0. The predicted molar refractivity (Wildman–Crippen MR) is 147 cm³/mol. The van der Waals surface area contributed by atoms with Crippen molar-refractivity contribution in [1.29, 1.82) is 0 Å². The minimum absolute atomic E-state index is 0.0203. The zero-order valence-electron chi connectivity index (χ0n) is 20.8. The van der Waals surface area contributed by atoms with Crippen molar-refractivity contribution in [2.24, 2.45) is 0 Å². The van der Waals surface area contributed by atoms with Crippen LogP contribution < -0.4 is 0 Å². The van der Waals surface area contributed by atoms with Crippen molar-refractivity contribution in [1.82, 2.24) is 24.6 Å². The van der Waals surface area contributed by atoms with Gasteiger partial charge in [-0.25, -0.2) is 0 Å². The Balaban J connectivity index is 1.25. The molecule has 194 valence electrons. The highest BCUT2D eigenvalue weighted by Crippen LogP contribution is 2.27. The molecule has 0 bridgehead atoms. The molecule has 1 amide bonds. The molecule has 1 aliphatic rings. The lowest BCUT2D eigenvalue weighted by Crippen LogP contribution is -2.48. The predicted octanol–water partition coefficient (Wildman–Crippen LogP) is 4.34. The summed E-state index contributed by atoms with van der Waals surface area (Å²) in [5.41, 5.74) is 3.10. The molecule has 10 heteroatoms. The van der Waals surface area contributed by atoms with E-state index in [4.69, 9.17) is 0 Å². The maximum Gasteiger partial charge on any atom is 0.269 e. The van der Waals surface area contributed by atoms with Gasteiger partial charge in [-0.15, -0.1) is 10.2 Å². The van der Waals surface area contributed by atoms with E-state index in [9.17, 15) is 14.9 Å². The van der Waals surface area contributed by atoms with Gasteiger partial charge in [0, 0.05) is 50.4 Å². The quantitative estimate of drug-likeness (QED) is 0.181. The molecule has 1 aliphatic heterocycles. The molecule has 1 aromatic heterocycles. The van der Waals surface area contributed by atoms with Crippen molar-refractivity contribution in [3.63, 3.8) is 0 Å². The Morgan fingerprint density at radius 3 is 2.03 bits per heavy atom. The number of piperazine rings is 1. The molecule has 0 atom stereocenters. The van der Waals surface area contributed by atoms with Crippen LogP contribution in [0.25, 0.3) is 11.4 Å². The Hall–Kier alpha value is -4.02. The average molecular weight is 529 g/mol. The first-order chi connectivity index (χ1) is 18.6. The van der Waals surface area contributed by atoms with Crippen molar-refractivity contribution < 1.29 is 9.72 Å². The number of amides is 1. The van der Waals surface area contributed by atoms with Gasteiger partial charge in [0.15, 0.2) is 11.0 Å². The molecule has 3 aromatic carbocycles. The van der Waals surface area contributed by atoms with Gasteiger partial charge in [-0.3, -0.25) is 24.4 Å². The van der Waals surface area contributed by atoms with Gasteiger partial charge < -0.3 is 4.90 Å². The van der Waals surface area contributed by atoms with Gasteiger partial charge in [-0.05, 0) is 23.3 Å². The minimum atomic E-state index is -0.424. The third-order valence-electron chi connectivity index (χ3n) is 6.54. The lowest BCUT2D eigenvalue weighted by Gasteiger charge is -2.34. The molecular formula is C28H28N6O3S. The van der Waals surface area contributed by atoms with Gasteiger partial charge >= 0.3 is 0 Å². The van der Waals surface area contributed by atoms with E-state index < -0.39 is 4.92 Å². The fourth-order valence-electron chi connectivity index (χ4n) is 4.46. The van der Waals surface area contributed by atoms with Crippen LogP contribution in [-0.2, 0) is 17.9 Å². The summed E-state index contributed by atoms with van der Waals surface area (Å²) in [7, 11) is 0. The van der Waals surface area contributed by atoms with Crippen LogP contribution in [0.2, 0.25) is 0 Å². The normalized spacial score (nSPS) is 13.9. The zero-order valence-corrected chi connectivity index (χ0v) is 21.7. The Bertz CT molecular complexity index is 1370. The summed E-state index contributed by atoms with van der Waals surface area (Å²) >= 11 is 1.37. The van der Waals surface area contributed by atoms with Crippen molar-refractivity contribution in [2.75, 3.05) is 31.9 Å². The van der Waals surface area contributed by atoms with Crippen LogP contribution in [-0.4, -0.2) is 67.3 Å². The van der Waals surface area contributed by atoms with E-state index in [0.717, 1.165) is 30.8 Å². The second kappa shape index (κ2) is 12.0. The smallest absolute Gasteiger partial charge is 0.269 e. The topological polar surface area (TPSA) is 97.4 Å². The summed E-state index contributed by atoms with van der Waals surface area (Å²) in [5, 5.41) is 20.5. The lowest BCUT2D eigenvalue weighted by atomic mass is 10.2. The monoisotopic (exact) mass is 528 g/mol. The second-order valence-electron chi connectivity index (χ2n) is 9.11. The number of nitro groups is 1. The highest BCUT2D eigenvalue weighted by atomic mass is 32.2. The van der Waals surface area contributed by atoms with Gasteiger partial charge in [0.1, 0.15) is 0 Å². The van der Waals surface area contributed by atoms with Gasteiger partial charge in [0.2, 0.25) is 5.91 Å². The van der Waals surface area contributed by atoms with Gasteiger partial charge in [-0.2, -0.15) is 0 Å². The largest absolute Gasteiger partial charge is 0.339 e. The Kier molecular flexibility index (Phi) is 8.10. The van der Waals surface area contributed by atoms with E-state index in [2.05, 4.69) is 39.4 Å². The Morgan fingerprint density at radius 2 is 1.42 bits per heavy atom. The minimum Gasteiger partial charge on any atom is -0.339 e. The third-order valence-corrected chi connectivity index (χ3v) is 7.49. The summed E-state index contributed by atoms with van der Waals surface area (Å²) in [6.07, 6.45) is 0. The van der Waals surface area contributed by atoms with Crippen molar-refractivity contribution in [2.45, 2.75) is 18.2 Å². The highest BCUT2D eigenvalue weighted by Gasteiger charge is 2.23. The first-order valence-electron chi connectivity index (χ1n) is 12.5. The highest BCUT2D eigenvalue weighted by molar-refractivity contribution is 7.99. The molecule has 5 rings (SSSR count). The molecule has 2 heterocycles. The van der Waals surface area contributed by atoms with Crippen LogP contribution in [0.15, 0.2) is 90.1 Å². The molecule has 0 spiro atoms. The van der Waals surface area contributed by atoms with Gasteiger partial charge in [0.05, 0.1) is 17.2 Å². The van der Waals surface area contributed by atoms with Crippen molar-refractivity contribution in [3.8, 4) is 11.4 Å². The molecule has 0 saturated carbocycles. The molecule has 0 N–H and O–H groups in total. The van der Waals surface area contributed by atoms with Crippen LogP contribution in [0.4, 0.5) is 5.69 Å². The summed E-state index contributed by atoms with van der Waals surface area (Å²) in [6, 6.07) is 26.6. The van der Waals surface area contributed by atoms with Crippen LogP contribution in [0, 0.1) is 10.1 Å². The SMILES string of the molecule is O=C(CSc1nnc(-c2ccc([N+](=O)[O-])cc2)n1Cc1ccccc1)N1CCN(Cc2ccccc2)CC1. The number of hydrogen-bond acceptors (Lipinski definition) is 7. The molecule has 1 fully saturated rings. The average Bonchev–Trinajstić information content (AvgIpc) is 3.35. The van der Waals surface area contributed by atoms with Crippen LogP contribution >= 0.6 is 11.8 Å². The summed E-state index contributed by atoms with van der Waals surface area (Å²) < 4.78 is 1.96. The zero-order chi connectivity index (χ0) is 26.3. The first kappa shape index (κ1) is 25.6. The number of carbonyl (C=O) groups is 1. The van der Waals surface area contributed by atoms with E-state index in [1.807, 2.05) is 45.9 Å². The first-order valence-corrected chi connectivity index (χ1v) is 13.4. The number of hydrogen-bond donors (Lipinski definition) is 0. The molecule has 1 saturated heterocycles. The molecular weight excluding hydrogens is 500 g/mol. The van der Waals surface area contributed by atoms with Gasteiger partial charge in [0.25, 0.3) is 5.69 Å². The van der Waals surface area contributed by atoms with E-state index in [-0.39, 0.29) is 17.3 Å². The van der Waals surface area contributed by atoms with E-state index in [1.165, 1.54) is 29.5 Å². The Labute approximate surface area is 225 Å². The van der Waals surface area contributed by atoms with E-state index in [1.54, 1.807) is 12.1 Å². The number of nitrogens with zero attached hydrogens (tertiary/aromatic N) is 6. The maximum atomic E-state index is 13.0. The number of thioether (sulfide) groups is 1. The molecule has 0 radical (unpaired) electrons. The fraction of sp³-hybridized carbons (Fsp3) is 0.250. The number of carbonyl (C=O) groups excluding carboxylic acids is 1. The van der Waals surface area contributed by atoms with Crippen LogP contribution in [0.3, 0.4) is 0 Å². The number of rotatable bonds is 9. The number of non-ortho nitro benzene ring substituents is 1. The molecule has 0 aliphatic carbocycles. The van der Waals surface area contributed by atoms with Crippen molar-refractivity contribution in [3.05, 3.63) is 106 Å². The standard InChI is InChI=1S/C28H28N6O3S/c35-26(32-17-15-31(16-18-32)19-22-7-3-1-4-8-22)21-38-28-30-29-27(24-11-13-25(14-12-24)34(36)37)33(28)20-23-9-5-2-6-10-23/h1-14H,15-21H2.